The van der Waals surface area contributed by atoms with Crippen LogP contribution in [0.4, 0.5) is 0 Å². The summed E-state index contributed by atoms with van der Waals surface area (Å²) in [5.74, 6) is 0. The molecule has 3 heterocycles. The first kappa shape index (κ1) is 11.4. The first-order valence-electron chi connectivity index (χ1n) is 5.57. The molecule has 90 valence electrons. The van der Waals surface area contributed by atoms with Gasteiger partial charge in [-0.1, -0.05) is 11.6 Å². The van der Waals surface area contributed by atoms with Gasteiger partial charge in [0.25, 0.3) is 0 Å². The third kappa shape index (κ3) is 1.96. The molecule has 1 saturated heterocycles. The van der Waals surface area contributed by atoms with Crippen molar-refractivity contribution in [2.24, 2.45) is 0 Å². The molecular weight excluding hydrogens is 305 g/mol. The fourth-order valence-electron chi connectivity index (χ4n) is 2.10. The van der Waals surface area contributed by atoms with E-state index in [4.69, 9.17) is 16.3 Å². The number of fused-ring (bicyclic) bond motifs is 1. The molecule has 0 amide bonds. The summed E-state index contributed by atoms with van der Waals surface area (Å²) in [6.45, 7) is 0.782. The van der Waals surface area contributed by atoms with Gasteiger partial charge in [0, 0.05) is 12.8 Å². The highest BCUT2D eigenvalue weighted by atomic mass is 79.9. The van der Waals surface area contributed by atoms with Crippen molar-refractivity contribution in [2.75, 3.05) is 6.61 Å². The number of pyridine rings is 1. The van der Waals surface area contributed by atoms with Gasteiger partial charge in [0.2, 0.25) is 0 Å². The molecule has 6 heteroatoms. The average Bonchev–Trinajstić information content (AvgIpc) is 2.69. The molecule has 1 aliphatic rings. The summed E-state index contributed by atoms with van der Waals surface area (Å²) in [6, 6.07) is 1.77. The van der Waals surface area contributed by atoms with E-state index in [1.54, 1.807) is 12.3 Å². The van der Waals surface area contributed by atoms with Gasteiger partial charge >= 0.3 is 0 Å². The zero-order valence-electron chi connectivity index (χ0n) is 9.07. The van der Waals surface area contributed by atoms with Crippen LogP contribution in [0.5, 0.6) is 0 Å². The number of nitrogens with zero attached hydrogens (tertiary/aromatic N) is 3. The highest BCUT2D eigenvalue weighted by Crippen LogP contribution is 2.32. The molecule has 0 unspecified atom stereocenters. The lowest BCUT2D eigenvalue weighted by Gasteiger charge is -2.22. The third-order valence-corrected chi connectivity index (χ3v) is 3.80. The molecule has 0 aromatic carbocycles. The monoisotopic (exact) mass is 315 g/mol. The molecule has 2 aromatic heterocycles. The van der Waals surface area contributed by atoms with Crippen molar-refractivity contribution in [1.29, 1.82) is 0 Å². The second-order valence-corrected chi connectivity index (χ2v) is 5.21. The Kier molecular flexibility index (Phi) is 3.06. The van der Waals surface area contributed by atoms with Gasteiger partial charge in [-0.05, 0) is 41.3 Å². The minimum Gasteiger partial charge on any atom is -0.356 e. The van der Waals surface area contributed by atoms with Gasteiger partial charge in [0.15, 0.2) is 11.9 Å². The maximum atomic E-state index is 6.15. The molecule has 0 spiro atoms. The molecule has 17 heavy (non-hydrogen) atoms. The van der Waals surface area contributed by atoms with Crippen molar-refractivity contribution in [3.8, 4) is 0 Å². The maximum Gasteiger partial charge on any atom is 0.163 e. The fourth-order valence-corrected chi connectivity index (χ4v) is 3.01. The zero-order valence-corrected chi connectivity index (χ0v) is 11.4. The van der Waals surface area contributed by atoms with Gasteiger partial charge in [-0.2, -0.15) is 5.10 Å². The van der Waals surface area contributed by atoms with Crippen LogP contribution in [0.15, 0.2) is 16.9 Å². The molecule has 1 atom stereocenters. The molecule has 0 saturated carbocycles. The van der Waals surface area contributed by atoms with E-state index in [0.717, 1.165) is 41.5 Å². The molecule has 0 N–H and O–H groups in total. The van der Waals surface area contributed by atoms with E-state index in [0.29, 0.717) is 5.02 Å². The highest BCUT2D eigenvalue weighted by molar-refractivity contribution is 9.10. The lowest BCUT2D eigenvalue weighted by Crippen LogP contribution is -2.19. The standard InChI is InChI=1S/C11H11BrClN3O/c12-10-9-7(13)4-5-14-11(9)16(15-10)8-3-1-2-6-17-8/h4-5,8H,1-3,6H2/t8-/m1/s1. The topological polar surface area (TPSA) is 39.9 Å². The Morgan fingerprint density at radius 1 is 1.47 bits per heavy atom. The largest absolute Gasteiger partial charge is 0.356 e. The van der Waals surface area contributed by atoms with Gasteiger partial charge in [0.1, 0.15) is 4.60 Å². The lowest BCUT2D eigenvalue weighted by atomic mass is 10.2. The molecule has 4 nitrogen and oxygen atoms in total. The van der Waals surface area contributed by atoms with Gasteiger partial charge in [0.05, 0.1) is 10.4 Å². The van der Waals surface area contributed by atoms with Crippen LogP contribution in [0.2, 0.25) is 5.02 Å². The lowest BCUT2D eigenvalue weighted by molar-refractivity contribution is -0.0371. The van der Waals surface area contributed by atoms with Crippen LogP contribution in [0.3, 0.4) is 0 Å². The number of hydrogen-bond acceptors (Lipinski definition) is 3. The van der Waals surface area contributed by atoms with Crippen LogP contribution >= 0.6 is 27.5 Å². The van der Waals surface area contributed by atoms with E-state index >= 15 is 0 Å². The van der Waals surface area contributed by atoms with E-state index in [-0.39, 0.29) is 6.23 Å². The number of halogens is 2. The average molecular weight is 317 g/mol. The molecular formula is C11H11BrClN3O. The SMILES string of the molecule is Clc1ccnc2c1c(Br)nn2[C@H]1CCCCO1. The van der Waals surface area contributed by atoms with Crippen LogP contribution < -0.4 is 0 Å². The zero-order chi connectivity index (χ0) is 11.8. The van der Waals surface area contributed by atoms with E-state index in [1.807, 2.05) is 4.68 Å². The van der Waals surface area contributed by atoms with Crippen LogP contribution in [-0.4, -0.2) is 21.4 Å². The van der Waals surface area contributed by atoms with E-state index in [9.17, 15) is 0 Å². The van der Waals surface area contributed by atoms with E-state index in [2.05, 4.69) is 26.0 Å². The second-order valence-electron chi connectivity index (χ2n) is 4.05. The van der Waals surface area contributed by atoms with Crippen molar-refractivity contribution in [3.63, 3.8) is 0 Å². The summed E-state index contributed by atoms with van der Waals surface area (Å²) in [4.78, 5) is 4.34. The minimum absolute atomic E-state index is 0.0245. The Morgan fingerprint density at radius 3 is 3.12 bits per heavy atom. The molecule has 0 aliphatic carbocycles. The molecule has 1 aliphatic heterocycles. The quantitative estimate of drug-likeness (QED) is 0.808. The Morgan fingerprint density at radius 2 is 2.35 bits per heavy atom. The van der Waals surface area contributed by atoms with Crippen molar-refractivity contribution in [3.05, 3.63) is 21.9 Å². The number of hydrogen-bond donors (Lipinski definition) is 0. The van der Waals surface area contributed by atoms with Gasteiger partial charge in [-0.3, -0.25) is 0 Å². The Balaban J connectivity index is 2.13. The Labute approximate surface area is 112 Å². The van der Waals surface area contributed by atoms with Crippen LogP contribution in [0.25, 0.3) is 11.0 Å². The van der Waals surface area contributed by atoms with Gasteiger partial charge in [-0.15, -0.1) is 0 Å². The third-order valence-electron chi connectivity index (χ3n) is 2.93. The normalized spacial score (nSPS) is 20.9. The highest BCUT2D eigenvalue weighted by Gasteiger charge is 2.22. The molecule has 2 aromatic rings. The number of aromatic nitrogens is 3. The van der Waals surface area contributed by atoms with Crippen LogP contribution in [0.1, 0.15) is 25.5 Å². The number of ether oxygens (including phenoxy) is 1. The first-order valence-corrected chi connectivity index (χ1v) is 6.74. The summed E-state index contributed by atoms with van der Waals surface area (Å²) >= 11 is 9.57. The van der Waals surface area contributed by atoms with E-state index < -0.39 is 0 Å². The van der Waals surface area contributed by atoms with E-state index in [1.165, 1.54) is 0 Å². The molecule has 0 bridgehead atoms. The van der Waals surface area contributed by atoms with Gasteiger partial charge in [-0.25, -0.2) is 9.67 Å². The second kappa shape index (κ2) is 4.55. The minimum atomic E-state index is -0.0245. The summed E-state index contributed by atoms with van der Waals surface area (Å²) in [5, 5.41) is 5.94. The fraction of sp³-hybridized carbons (Fsp3) is 0.455. The predicted octanol–water partition coefficient (Wildman–Crippen LogP) is 3.55. The van der Waals surface area contributed by atoms with Crippen molar-refractivity contribution in [2.45, 2.75) is 25.5 Å². The molecule has 1 fully saturated rings. The summed E-state index contributed by atoms with van der Waals surface area (Å²) in [6.07, 6.45) is 4.91. The summed E-state index contributed by atoms with van der Waals surface area (Å²) < 4.78 is 8.27. The summed E-state index contributed by atoms with van der Waals surface area (Å²) in [5.41, 5.74) is 0.774. The van der Waals surface area contributed by atoms with Crippen molar-refractivity contribution >= 4 is 38.6 Å². The predicted molar refractivity (Wildman–Crippen MR) is 69.1 cm³/mol. The summed E-state index contributed by atoms with van der Waals surface area (Å²) in [7, 11) is 0. The maximum absolute atomic E-state index is 6.15. The van der Waals surface area contributed by atoms with Crippen molar-refractivity contribution < 1.29 is 4.74 Å². The molecule has 3 rings (SSSR count). The Bertz CT molecular complexity index is 551. The molecule has 0 radical (unpaired) electrons. The number of rotatable bonds is 1. The van der Waals surface area contributed by atoms with Gasteiger partial charge < -0.3 is 4.74 Å². The van der Waals surface area contributed by atoms with Crippen LogP contribution in [0, 0.1) is 0 Å². The van der Waals surface area contributed by atoms with Crippen molar-refractivity contribution in [1.82, 2.24) is 14.8 Å². The van der Waals surface area contributed by atoms with Crippen LogP contribution in [-0.2, 0) is 4.74 Å². The Hall–Kier alpha value is -0.650. The first-order chi connectivity index (χ1) is 8.27. The smallest absolute Gasteiger partial charge is 0.163 e.